The van der Waals surface area contributed by atoms with Gasteiger partial charge in [-0.1, -0.05) is 27.7 Å². The number of aliphatic carboxylic acids is 1. The highest BCUT2D eigenvalue weighted by Crippen LogP contribution is 2.19. The fourth-order valence-electron chi connectivity index (χ4n) is 1.58. The first-order valence-corrected chi connectivity index (χ1v) is 6.44. The Kier molecular flexibility index (Phi) is 5.12. The summed E-state index contributed by atoms with van der Waals surface area (Å²) in [7, 11) is 0. The molecule has 1 atom stereocenters. The number of aryl methyl sites for hydroxylation is 1. The SMILES string of the molecule is CCc1cnc(CNC(=O)N[C@H](C(=O)O)C(C)(C)C)o1. The summed E-state index contributed by atoms with van der Waals surface area (Å²) in [5.41, 5.74) is -0.582. The first kappa shape index (κ1) is 16.0. The average molecular weight is 283 g/mol. The molecule has 1 aromatic heterocycles. The molecule has 0 aromatic carbocycles. The Morgan fingerprint density at radius 1 is 1.45 bits per heavy atom. The lowest BCUT2D eigenvalue weighted by molar-refractivity contribution is -0.141. The second kappa shape index (κ2) is 6.40. The van der Waals surface area contributed by atoms with E-state index < -0.39 is 23.5 Å². The van der Waals surface area contributed by atoms with E-state index >= 15 is 0 Å². The number of aromatic nitrogens is 1. The molecular weight excluding hydrogens is 262 g/mol. The number of carbonyl (C=O) groups excluding carboxylic acids is 1. The minimum Gasteiger partial charge on any atom is -0.480 e. The predicted octanol–water partition coefficient (Wildman–Crippen LogP) is 1.54. The smallest absolute Gasteiger partial charge is 0.326 e. The van der Waals surface area contributed by atoms with Gasteiger partial charge in [-0.2, -0.15) is 0 Å². The number of rotatable bonds is 5. The van der Waals surface area contributed by atoms with Crippen molar-refractivity contribution in [2.75, 3.05) is 0 Å². The number of nitrogens with one attached hydrogen (secondary N) is 2. The molecule has 112 valence electrons. The van der Waals surface area contributed by atoms with Gasteiger partial charge in [0.2, 0.25) is 5.89 Å². The van der Waals surface area contributed by atoms with Gasteiger partial charge in [-0.25, -0.2) is 14.6 Å². The molecule has 3 N–H and O–H groups in total. The lowest BCUT2D eigenvalue weighted by Crippen LogP contribution is -2.52. The molecule has 0 spiro atoms. The number of oxazole rings is 1. The molecule has 0 fully saturated rings. The van der Waals surface area contributed by atoms with E-state index in [1.807, 2.05) is 6.92 Å². The molecule has 0 bridgehead atoms. The van der Waals surface area contributed by atoms with Crippen LogP contribution in [0.5, 0.6) is 0 Å². The summed E-state index contributed by atoms with van der Waals surface area (Å²) in [5, 5.41) is 14.1. The van der Waals surface area contributed by atoms with Crippen LogP contribution in [0.3, 0.4) is 0 Å². The number of hydrogen-bond donors (Lipinski definition) is 3. The van der Waals surface area contributed by atoms with Crippen molar-refractivity contribution in [3.63, 3.8) is 0 Å². The molecule has 0 aliphatic carbocycles. The minimum absolute atomic E-state index is 0.113. The molecule has 1 rings (SSSR count). The standard InChI is InChI=1S/C13H21N3O4/c1-5-8-6-14-9(20-8)7-15-12(19)16-10(11(17)18)13(2,3)4/h6,10H,5,7H2,1-4H3,(H,17,18)(H2,15,16,19)/t10-/m1/s1. The fraction of sp³-hybridized carbons (Fsp3) is 0.615. The highest BCUT2D eigenvalue weighted by molar-refractivity contribution is 5.83. The third kappa shape index (κ3) is 4.56. The summed E-state index contributed by atoms with van der Waals surface area (Å²) in [6, 6.07) is -1.54. The van der Waals surface area contributed by atoms with Crippen molar-refractivity contribution in [3.05, 3.63) is 17.8 Å². The van der Waals surface area contributed by atoms with E-state index in [1.54, 1.807) is 27.0 Å². The summed E-state index contributed by atoms with van der Waals surface area (Å²) in [6.07, 6.45) is 2.33. The number of nitrogens with zero attached hydrogens (tertiary/aromatic N) is 1. The van der Waals surface area contributed by atoms with E-state index in [0.29, 0.717) is 5.89 Å². The van der Waals surface area contributed by atoms with Crippen LogP contribution in [0.15, 0.2) is 10.6 Å². The monoisotopic (exact) mass is 283 g/mol. The zero-order valence-electron chi connectivity index (χ0n) is 12.2. The Bertz CT molecular complexity index is 476. The van der Waals surface area contributed by atoms with Crippen molar-refractivity contribution in [1.29, 1.82) is 0 Å². The van der Waals surface area contributed by atoms with E-state index in [0.717, 1.165) is 12.2 Å². The molecule has 1 heterocycles. The molecule has 0 unspecified atom stereocenters. The molecule has 7 nitrogen and oxygen atoms in total. The molecule has 0 aliphatic heterocycles. The number of carbonyl (C=O) groups is 2. The van der Waals surface area contributed by atoms with Crippen molar-refractivity contribution in [2.24, 2.45) is 5.41 Å². The summed E-state index contributed by atoms with van der Waals surface area (Å²) >= 11 is 0. The van der Waals surface area contributed by atoms with Crippen molar-refractivity contribution in [3.8, 4) is 0 Å². The molecule has 0 radical (unpaired) electrons. The zero-order chi connectivity index (χ0) is 15.3. The summed E-state index contributed by atoms with van der Waals surface area (Å²) < 4.78 is 5.33. The Morgan fingerprint density at radius 3 is 2.55 bits per heavy atom. The predicted molar refractivity (Wildman–Crippen MR) is 72.1 cm³/mol. The van der Waals surface area contributed by atoms with Gasteiger partial charge in [-0.05, 0) is 5.41 Å². The maximum absolute atomic E-state index is 11.7. The molecule has 0 saturated heterocycles. The second-order valence-corrected chi connectivity index (χ2v) is 5.54. The lowest BCUT2D eigenvalue weighted by atomic mass is 9.87. The maximum Gasteiger partial charge on any atom is 0.326 e. The highest BCUT2D eigenvalue weighted by Gasteiger charge is 2.32. The van der Waals surface area contributed by atoms with Crippen LogP contribution in [0.4, 0.5) is 4.79 Å². The van der Waals surface area contributed by atoms with Crippen molar-refractivity contribution in [2.45, 2.75) is 46.7 Å². The molecule has 20 heavy (non-hydrogen) atoms. The Balaban J connectivity index is 2.52. The summed E-state index contributed by atoms with van der Waals surface area (Å²) in [6.45, 7) is 7.28. The van der Waals surface area contributed by atoms with Crippen LogP contribution < -0.4 is 10.6 Å². The van der Waals surface area contributed by atoms with Crippen molar-refractivity contribution < 1.29 is 19.1 Å². The highest BCUT2D eigenvalue weighted by atomic mass is 16.4. The topological polar surface area (TPSA) is 104 Å². The number of carboxylic acid groups (broad SMARTS) is 1. The van der Waals surface area contributed by atoms with E-state index in [4.69, 9.17) is 9.52 Å². The van der Waals surface area contributed by atoms with E-state index in [1.165, 1.54) is 0 Å². The molecule has 7 heteroatoms. The largest absolute Gasteiger partial charge is 0.480 e. The fourth-order valence-corrected chi connectivity index (χ4v) is 1.58. The van der Waals surface area contributed by atoms with Crippen LogP contribution in [0.1, 0.15) is 39.3 Å². The number of hydrogen-bond acceptors (Lipinski definition) is 4. The minimum atomic E-state index is -1.07. The third-order valence-corrected chi connectivity index (χ3v) is 2.74. The molecule has 0 aliphatic rings. The van der Waals surface area contributed by atoms with Gasteiger partial charge >= 0.3 is 12.0 Å². The van der Waals surface area contributed by atoms with Crippen LogP contribution in [0.2, 0.25) is 0 Å². The van der Waals surface area contributed by atoms with Crippen molar-refractivity contribution >= 4 is 12.0 Å². The molecule has 2 amide bonds. The van der Waals surface area contributed by atoms with Gasteiger partial charge in [0.05, 0.1) is 12.7 Å². The molecule has 0 saturated carbocycles. The third-order valence-electron chi connectivity index (χ3n) is 2.74. The normalized spacial score (nSPS) is 12.8. The summed E-state index contributed by atoms with van der Waals surface area (Å²) in [5.74, 6) is 0.0528. The first-order valence-electron chi connectivity index (χ1n) is 6.44. The lowest BCUT2D eigenvalue weighted by Gasteiger charge is -2.27. The molecular formula is C13H21N3O4. The number of carboxylic acids is 1. The van der Waals surface area contributed by atoms with E-state index in [-0.39, 0.29) is 6.54 Å². The number of amides is 2. The van der Waals surface area contributed by atoms with Crippen molar-refractivity contribution in [1.82, 2.24) is 15.6 Å². The van der Waals surface area contributed by atoms with Crippen LogP contribution >= 0.6 is 0 Å². The Hall–Kier alpha value is -2.05. The average Bonchev–Trinajstić information content (AvgIpc) is 2.79. The van der Waals surface area contributed by atoms with Gasteiger partial charge in [0.25, 0.3) is 0 Å². The zero-order valence-corrected chi connectivity index (χ0v) is 12.2. The summed E-state index contributed by atoms with van der Waals surface area (Å²) in [4.78, 5) is 26.8. The van der Waals surface area contributed by atoms with Crippen LogP contribution in [0.25, 0.3) is 0 Å². The second-order valence-electron chi connectivity index (χ2n) is 5.54. The number of urea groups is 1. The van der Waals surface area contributed by atoms with Gasteiger partial charge < -0.3 is 20.2 Å². The van der Waals surface area contributed by atoms with Gasteiger partial charge in [0, 0.05) is 6.42 Å². The van der Waals surface area contributed by atoms with Gasteiger partial charge in [-0.3, -0.25) is 0 Å². The first-order chi connectivity index (χ1) is 9.24. The van der Waals surface area contributed by atoms with Gasteiger partial charge in [0.15, 0.2) is 0 Å². The Labute approximate surface area is 117 Å². The Morgan fingerprint density at radius 2 is 2.10 bits per heavy atom. The van der Waals surface area contributed by atoms with Crippen LogP contribution in [0, 0.1) is 5.41 Å². The molecule has 1 aromatic rings. The van der Waals surface area contributed by atoms with Gasteiger partial charge in [0.1, 0.15) is 11.8 Å². The van der Waals surface area contributed by atoms with Crippen LogP contribution in [-0.4, -0.2) is 28.1 Å². The maximum atomic E-state index is 11.7. The van der Waals surface area contributed by atoms with Crippen LogP contribution in [-0.2, 0) is 17.8 Å². The van der Waals surface area contributed by atoms with E-state index in [9.17, 15) is 9.59 Å². The van der Waals surface area contributed by atoms with Gasteiger partial charge in [-0.15, -0.1) is 0 Å². The van der Waals surface area contributed by atoms with E-state index in [2.05, 4.69) is 15.6 Å². The quantitative estimate of drug-likeness (QED) is 0.760.